The molecule has 0 aliphatic heterocycles. The van der Waals surface area contributed by atoms with Crippen LogP contribution >= 0.6 is 11.6 Å². The molecule has 0 N–H and O–H groups in total. The van der Waals surface area contributed by atoms with Gasteiger partial charge in [0.1, 0.15) is 5.15 Å². The maximum absolute atomic E-state index is 12.3. The first-order valence-electron chi connectivity index (χ1n) is 5.58. The zero-order valence-electron chi connectivity index (χ0n) is 10.2. The first kappa shape index (κ1) is 12.8. The molecule has 4 nitrogen and oxygen atoms in total. The number of hydrogen-bond donors (Lipinski definition) is 0. The molecule has 0 atom stereocenters. The van der Waals surface area contributed by atoms with E-state index in [0.717, 1.165) is 5.39 Å². The molecule has 1 aromatic carbocycles. The maximum atomic E-state index is 12.3. The van der Waals surface area contributed by atoms with Crippen molar-refractivity contribution in [3.63, 3.8) is 0 Å². The van der Waals surface area contributed by atoms with Gasteiger partial charge in [0.2, 0.25) is 0 Å². The smallest absolute Gasteiger partial charge is 0.274 e. The fourth-order valence-electron chi connectivity index (χ4n) is 1.81. The summed E-state index contributed by atoms with van der Waals surface area (Å²) in [7, 11) is 1.46. The molecule has 18 heavy (non-hydrogen) atoms. The molecule has 0 saturated carbocycles. The van der Waals surface area contributed by atoms with Gasteiger partial charge >= 0.3 is 0 Å². The van der Waals surface area contributed by atoms with Crippen molar-refractivity contribution in [1.29, 1.82) is 0 Å². The molecule has 94 valence electrons. The van der Waals surface area contributed by atoms with Gasteiger partial charge in [0, 0.05) is 11.9 Å². The largest absolute Gasteiger partial charge is 0.278 e. The minimum atomic E-state index is -0.222. The normalized spacial score (nSPS) is 10.6. The Balaban J connectivity index is 2.59. The van der Waals surface area contributed by atoms with Crippen LogP contribution in [0.2, 0.25) is 5.15 Å². The molecule has 1 heterocycles. The van der Waals surface area contributed by atoms with Gasteiger partial charge < -0.3 is 0 Å². The monoisotopic (exact) mass is 264 g/mol. The highest BCUT2D eigenvalue weighted by molar-refractivity contribution is 6.30. The molecule has 2 rings (SSSR count). The average molecular weight is 265 g/mol. The van der Waals surface area contributed by atoms with Crippen molar-refractivity contribution in [1.82, 2.24) is 10.0 Å². The van der Waals surface area contributed by atoms with Crippen LogP contribution in [0.5, 0.6) is 0 Å². The minimum Gasteiger partial charge on any atom is -0.274 e. The summed E-state index contributed by atoms with van der Waals surface area (Å²) < 4.78 is 0. The Morgan fingerprint density at radius 2 is 2.17 bits per heavy atom. The minimum absolute atomic E-state index is 0.222. The standard InChI is InChI=1S/C13H13ClN2O2/c1-3-16(18-2)13(17)10-8-12(14)15-11-7-5-4-6-9(10)11/h4-8H,3H2,1-2H3. The Hall–Kier alpha value is -1.65. The molecule has 0 aliphatic rings. The van der Waals surface area contributed by atoms with Crippen LogP contribution < -0.4 is 0 Å². The third-order valence-electron chi connectivity index (χ3n) is 2.65. The van der Waals surface area contributed by atoms with E-state index in [4.69, 9.17) is 16.4 Å². The number of para-hydroxylation sites is 1. The summed E-state index contributed by atoms with van der Waals surface area (Å²) in [6, 6.07) is 8.94. The number of carbonyl (C=O) groups excluding carboxylic acids is 1. The highest BCUT2D eigenvalue weighted by Crippen LogP contribution is 2.22. The molecule has 1 amide bonds. The van der Waals surface area contributed by atoms with Crippen LogP contribution in [0.25, 0.3) is 10.9 Å². The molecule has 5 heteroatoms. The molecule has 2 aromatic rings. The number of pyridine rings is 1. The van der Waals surface area contributed by atoms with Crippen LogP contribution in [0.1, 0.15) is 17.3 Å². The van der Waals surface area contributed by atoms with E-state index >= 15 is 0 Å². The summed E-state index contributed by atoms with van der Waals surface area (Å²) in [5, 5.41) is 2.34. The first-order valence-corrected chi connectivity index (χ1v) is 5.96. The van der Waals surface area contributed by atoms with Gasteiger partial charge in [0.05, 0.1) is 18.2 Å². The second kappa shape index (κ2) is 5.33. The summed E-state index contributed by atoms with van der Waals surface area (Å²) in [6.45, 7) is 2.30. The molecule has 0 fully saturated rings. The lowest BCUT2D eigenvalue weighted by Gasteiger charge is -2.18. The number of aromatic nitrogens is 1. The van der Waals surface area contributed by atoms with Crippen molar-refractivity contribution in [3.05, 3.63) is 41.0 Å². The van der Waals surface area contributed by atoms with Crippen molar-refractivity contribution in [2.45, 2.75) is 6.92 Å². The molecule has 0 aliphatic carbocycles. The van der Waals surface area contributed by atoms with Crippen LogP contribution in [0.4, 0.5) is 0 Å². The van der Waals surface area contributed by atoms with Crippen molar-refractivity contribution in [2.75, 3.05) is 13.7 Å². The first-order chi connectivity index (χ1) is 8.67. The predicted molar refractivity (Wildman–Crippen MR) is 70.5 cm³/mol. The van der Waals surface area contributed by atoms with Crippen molar-refractivity contribution < 1.29 is 9.63 Å². The van der Waals surface area contributed by atoms with Gasteiger partial charge in [-0.3, -0.25) is 9.63 Å². The van der Waals surface area contributed by atoms with E-state index in [1.165, 1.54) is 12.2 Å². The lowest BCUT2D eigenvalue weighted by molar-refractivity contribution is -0.0913. The SMILES string of the molecule is CCN(OC)C(=O)c1cc(Cl)nc2ccccc12. The number of hydrogen-bond acceptors (Lipinski definition) is 3. The van der Waals surface area contributed by atoms with E-state index in [1.54, 1.807) is 6.07 Å². The second-order valence-corrected chi connectivity index (χ2v) is 4.08. The van der Waals surface area contributed by atoms with Crippen molar-refractivity contribution in [3.8, 4) is 0 Å². The fourth-order valence-corrected chi connectivity index (χ4v) is 2.01. The summed E-state index contributed by atoms with van der Waals surface area (Å²) in [5.41, 5.74) is 1.19. The molecule has 0 saturated heterocycles. The molecule has 0 unspecified atom stereocenters. The third kappa shape index (κ3) is 2.30. The number of nitrogens with zero attached hydrogens (tertiary/aromatic N) is 2. The number of benzene rings is 1. The highest BCUT2D eigenvalue weighted by atomic mass is 35.5. The lowest BCUT2D eigenvalue weighted by atomic mass is 10.1. The van der Waals surface area contributed by atoms with Crippen LogP contribution in [-0.4, -0.2) is 29.6 Å². The highest BCUT2D eigenvalue weighted by Gasteiger charge is 2.17. The van der Waals surface area contributed by atoms with E-state index in [-0.39, 0.29) is 5.91 Å². The van der Waals surface area contributed by atoms with Gasteiger partial charge in [0.25, 0.3) is 5.91 Å². The quantitative estimate of drug-likeness (QED) is 0.632. The maximum Gasteiger partial charge on any atom is 0.278 e. The molecule has 0 spiro atoms. The van der Waals surface area contributed by atoms with Gasteiger partial charge in [0.15, 0.2) is 0 Å². The molecular formula is C13H13ClN2O2. The Bertz CT molecular complexity index is 582. The second-order valence-electron chi connectivity index (χ2n) is 3.69. The number of halogens is 1. The predicted octanol–water partition coefficient (Wildman–Crippen LogP) is 2.91. The fraction of sp³-hybridized carbons (Fsp3) is 0.231. The summed E-state index contributed by atoms with van der Waals surface area (Å²) in [5.74, 6) is -0.222. The van der Waals surface area contributed by atoms with Gasteiger partial charge in [-0.25, -0.2) is 10.0 Å². The summed E-state index contributed by atoms with van der Waals surface area (Å²) >= 11 is 5.94. The topological polar surface area (TPSA) is 42.4 Å². The van der Waals surface area contributed by atoms with E-state index in [9.17, 15) is 4.79 Å². The zero-order chi connectivity index (χ0) is 13.1. The number of fused-ring (bicyclic) bond motifs is 1. The van der Waals surface area contributed by atoms with Crippen molar-refractivity contribution in [2.24, 2.45) is 0 Å². The van der Waals surface area contributed by atoms with Crippen LogP contribution in [-0.2, 0) is 4.84 Å². The zero-order valence-corrected chi connectivity index (χ0v) is 10.9. The molecular weight excluding hydrogens is 252 g/mol. The Labute approximate surface area is 110 Å². The van der Waals surface area contributed by atoms with Crippen molar-refractivity contribution >= 4 is 28.4 Å². The van der Waals surface area contributed by atoms with Crippen LogP contribution in [0.15, 0.2) is 30.3 Å². The number of carbonyl (C=O) groups is 1. The Kier molecular flexibility index (Phi) is 3.79. The Morgan fingerprint density at radius 1 is 1.44 bits per heavy atom. The number of rotatable bonds is 3. The van der Waals surface area contributed by atoms with Gasteiger partial charge in [-0.05, 0) is 19.1 Å². The van der Waals surface area contributed by atoms with Gasteiger partial charge in [-0.1, -0.05) is 29.8 Å². The molecule has 0 bridgehead atoms. The van der Waals surface area contributed by atoms with Gasteiger partial charge in [-0.15, -0.1) is 0 Å². The van der Waals surface area contributed by atoms with E-state index < -0.39 is 0 Å². The average Bonchev–Trinajstić information content (AvgIpc) is 2.39. The van der Waals surface area contributed by atoms with Crippen LogP contribution in [0, 0.1) is 0 Å². The third-order valence-corrected chi connectivity index (χ3v) is 2.84. The van der Waals surface area contributed by atoms with Gasteiger partial charge in [-0.2, -0.15) is 0 Å². The van der Waals surface area contributed by atoms with E-state index in [2.05, 4.69) is 4.98 Å². The van der Waals surface area contributed by atoms with E-state index in [0.29, 0.717) is 22.8 Å². The van der Waals surface area contributed by atoms with E-state index in [1.807, 2.05) is 31.2 Å². The molecule has 0 radical (unpaired) electrons. The number of hydroxylamine groups is 2. The Morgan fingerprint density at radius 3 is 2.83 bits per heavy atom. The number of amides is 1. The summed E-state index contributed by atoms with van der Waals surface area (Å²) in [6.07, 6.45) is 0. The molecule has 1 aromatic heterocycles. The summed E-state index contributed by atoms with van der Waals surface area (Å²) in [4.78, 5) is 21.5. The lowest BCUT2D eigenvalue weighted by Crippen LogP contribution is -2.29. The van der Waals surface area contributed by atoms with Crippen LogP contribution in [0.3, 0.4) is 0 Å².